The highest BCUT2D eigenvalue weighted by Gasteiger charge is 2.34. The molecular formula is C13H22F6IN5O. The molecule has 1 rings (SSSR count). The first-order valence-corrected chi connectivity index (χ1v) is 7.46. The van der Waals surface area contributed by atoms with Gasteiger partial charge in [0, 0.05) is 33.2 Å². The second kappa shape index (κ2) is 10.4. The van der Waals surface area contributed by atoms with Crippen molar-refractivity contribution >= 4 is 35.8 Å². The number of rotatable bonds is 5. The van der Waals surface area contributed by atoms with Gasteiger partial charge in [-0.05, 0) is 6.42 Å². The molecule has 0 aromatic carbocycles. The van der Waals surface area contributed by atoms with Crippen LogP contribution in [0.1, 0.15) is 6.42 Å². The molecule has 26 heavy (non-hydrogen) atoms. The molecule has 0 spiro atoms. The molecule has 1 amide bonds. The molecule has 1 heterocycles. The number of carbonyl (C=O) groups is 1. The molecule has 1 unspecified atom stereocenters. The van der Waals surface area contributed by atoms with Gasteiger partial charge in [0.15, 0.2) is 5.96 Å². The van der Waals surface area contributed by atoms with E-state index in [1.807, 2.05) is 0 Å². The third-order valence-electron chi connectivity index (χ3n) is 3.49. The number of aliphatic imine (C=N–C) groups is 1. The zero-order valence-electron chi connectivity index (χ0n) is 14.2. The Bertz CT molecular complexity index is 485. The van der Waals surface area contributed by atoms with E-state index in [9.17, 15) is 31.1 Å². The number of likely N-dealkylation sites (tertiary alicyclic amines) is 1. The van der Waals surface area contributed by atoms with Crippen molar-refractivity contribution in [3.8, 4) is 0 Å². The predicted molar refractivity (Wildman–Crippen MR) is 94.5 cm³/mol. The lowest BCUT2D eigenvalue weighted by molar-refractivity contribution is -0.157. The highest BCUT2D eigenvalue weighted by molar-refractivity contribution is 14.0. The number of amides is 1. The van der Waals surface area contributed by atoms with Crippen LogP contribution in [0.25, 0.3) is 0 Å². The lowest BCUT2D eigenvalue weighted by Gasteiger charge is -2.21. The number of hydrogen-bond donors (Lipinski definition) is 2. The van der Waals surface area contributed by atoms with Gasteiger partial charge in [0.25, 0.3) is 0 Å². The first-order chi connectivity index (χ1) is 11.4. The van der Waals surface area contributed by atoms with E-state index in [0.717, 1.165) is 7.05 Å². The number of halogens is 7. The van der Waals surface area contributed by atoms with Crippen molar-refractivity contribution in [2.75, 3.05) is 46.8 Å². The van der Waals surface area contributed by atoms with Crippen molar-refractivity contribution in [3.63, 3.8) is 0 Å². The van der Waals surface area contributed by atoms with Gasteiger partial charge in [-0.2, -0.15) is 26.3 Å². The first kappa shape index (κ1) is 25.0. The minimum Gasteiger partial charge on any atom is -0.352 e. The molecule has 2 N–H and O–H groups in total. The molecule has 1 aliphatic heterocycles. The predicted octanol–water partition coefficient (Wildman–Crippen LogP) is 1.43. The van der Waals surface area contributed by atoms with Crippen molar-refractivity contribution in [2.45, 2.75) is 24.8 Å². The quantitative estimate of drug-likeness (QED) is 0.257. The SMILES string of the molecule is CN=C(NCC(=O)N(C)CC(F)(F)F)NC1CCN(CC(F)(F)F)C1.I. The highest BCUT2D eigenvalue weighted by atomic mass is 127. The Balaban J connectivity index is 0.00000625. The molecular weight excluding hydrogens is 483 g/mol. The van der Waals surface area contributed by atoms with E-state index in [0.29, 0.717) is 11.3 Å². The van der Waals surface area contributed by atoms with E-state index < -0.39 is 37.9 Å². The van der Waals surface area contributed by atoms with Crippen LogP contribution in [-0.4, -0.2) is 86.9 Å². The van der Waals surface area contributed by atoms with Gasteiger partial charge in [0.1, 0.15) is 6.54 Å². The summed E-state index contributed by atoms with van der Waals surface area (Å²) in [6.07, 6.45) is -8.31. The molecule has 0 radical (unpaired) electrons. The minimum atomic E-state index is -4.49. The lowest BCUT2D eigenvalue weighted by atomic mass is 10.3. The molecule has 1 aliphatic rings. The van der Waals surface area contributed by atoms with E-state index in [4.69, 9.17) is 0 Å². The third-order valence-corrected chi connectivity index (χ3v) is 3.49. The molecule has 0 aromatic rings. The number of guanidine groups is 1. The van der Waals surface area contributed by atoms with E-state index >= 15 is 0 Å². The average molecular weight is 505 g/mol. The fourth-order valence-electron chi connectivity index (χ4n) is 2.39. The molecule has 154 valence electrons. The summed E-state index contributed by atoms with van der Waals surface area (Å²) >= 11 is 0. The van der Waals surface area contributed by atoms with Crippen molar-refractivity contribution in [2.24, 2.45) is 4.99 Å². The summed E-state index contributed by atoms with van der Waals surface area (Å²) in [7, 11) is 2.42. The summed E-state index contributed by atoms with van der Waals surface area (Å²) in [5.41, 5.74) is 0. The van der Waals surface area contributed by atoms with Gasteiger partial charge in [-0.1, -0.05) is 0 Å². The van der Waals surface area contributed by atoms with Gasteiger partial charge in [-0.15, -0.1) is 24.0 Å². The van der Waals surface area contributed by atoms with Crippen molar-refractivity contribution in [1.29, 1.82) is 0 Å². The van der Waals surface area contributed by atoms with E-state index in [1.165, 1.54) is 11.9 Å². The van der Waals surface area contributed by atoms with Crippen LogP contribution < -0.4 is 10.6 Å². The Hall–Kier alpha value is -0.990. The molecule has 0 aliphatic carbocycles. The Morgan fingerprint density at radius 2 is 1.85 bits per heavy atom. The molecule has 0 saturated carbocycles. The summed E-state index contributed by atoms with van der Waals surface area (Å²) in [4.78, 5) is 17.2. The average Bonchev–Trinajstić information content (AvgIpc) is 2.86. The molecule has 13 heteroatoms. The second-order valence-corrected chi connectivity index (χ2v) is 5.77. The Morgan fingerprint density at radius 1 is 1.23 bits per heavy atom. The van der Waals surface area contributed by atoms with Crippen LogP contribution in [-0.2, 0) is 4.79 Å². The van der Waals surface area contributed by atoms with Gasteiger partial charge in [-0.25, -0.2) is 0 Å². The first-order valence-electron chi connectivity index (χ1n) is 7.46. The smallest absolute Gasteiger partial charge is 0.352 e. The monoisotopic (exact) mass is 505 g/mol. The Labute approximate surface area is 164 Å². The summed E-state index contributed by atoms with van der Waals surface area (Å²) in [5.74, 6) is -0.641. The fourth-order valence-corrected chi connectivity index (χ4v) is 2.39. The number of carbonyl (C=O) groups excluding carboxylic acids is 1. The van der Waals surface area contributed by atoms with Crippen molar-refractivity contribution in [3.05, 3.63) is 0 Å². The Kier molecular flexibility index (Phi) is 9.98. The zero-order valence-corrected chi connectivity index (χ0v) is 16.6. The summed E-state index contributed by atoms with van der Waals surface area (Å²) in [5, 5.41) is 5.43. The lowest BCUT2D eigenvalue weighted by Crippen LogP contribution is -2.48. The standard InChI is InChI=1S/C13H21F6N5O.HI/c1-20-11(21-5-10(25)23(2)7-12(14,15)16)22-9-3-4-24(6-9)8-13(17,18)19;/h9H,3-8H2,1-2H3,(H2,20,21,22);1H. The number of nitrogens with zero attached hydrogens (tertiary/aromatic N) is 3. The van der Waals surface area contributed by atoms with Gasteiger partial charge in [0.05, 0.1) is 13.1 Å². The summed E-state index contributed by atoms with van der Waals surface area (Å²) in [6.45, 7) is -2.36. The number of nitrogens with one attached hydrogen (secondary N) is 2. The van der Waals surface area contributed by atoms with Crippen LogP contribution in [0, 0.1) is 0 Å². The van der Waals surface area contributed by atoms with Gasteiger partial charge >= 0.3 is 12.4 Å². The molecule has 1 atom stereocenters. The normalized spacial score (nSPS) is 19.1. The molecule has 6 nitrogen and oxygen atoms in total. The van der Waals surface area contributed by atoms with Crippen LogP contribution in [0.15, 0.2) is 4.99 Å². The number of hydrogen-bond acceptors (Lipinski definition) is 3. The highest BCUT2D eigenvalue weighted by Crippen LogP contribution is 2.20. The Morgan fingerprint density at radius 3 is 2.35 bits per heavy atom. The van der Waals surface area contributed by atoms with E-state index in [-0.39, 0.29) is 49.1 Å². The fraction of sp³-hybridized carbons (Fsp3) is 0.846. The van der Waals surface area contributed by atoms with Gasteiger partial charge < -0.3 is 15.5 Å². The molecule has 0 aromatic heterocycles. The van der Waals surface area contributed by atoms with Crippen molar-refractivity contribution in [1.82, 2.24) is 20.4 Å². The van der Waals surface area contributed by atoms with E-state index in [2.05, 4.69) is 15.6 Å². The molecule has 0 bridgehead atoms. The van der Waals surface area contributed by atoms with Crippen LogP contribution >= 0.6 is 24.0 Å². The van der Waals surface area contributed by atoms with Gasteiger partial charge in [0.2, 0.25) is 5.91 Å². The second-order valence-electron chi connectivity index (χ2n) is 5.77. The van der Waals surface area contributed by atoms with E-state index in [1.54, 1.807) is 0 Å². The molecule has 1 saturated heterocycles. The van der Waals surface area contributed by atoms with Crippen LogP contribution in [0.5, 0.6) is 0 Å². The third kappa shape index (κ3) is 10.2. The maximum atomic E-state index is 12.3. The topological polar surface area (TPSA) is 60.0 Å². The maximum Gasteiger partial charge on any atom is 0.406 e. The van der Waals surface area contributed by atoms with Crippen LogP contribution in [0.3, 0.4) is 0 Å². The number of alkyl halides is 6. The van der Waals surface area contributed by atoms with Crippen LogP contribution in [0.2, 0.25) is 0 Å². The summed E-state index contributed by atoms with van der Waals surface area (Å²) in [6, 6.07) is -0.295. The largest absolute Gasteiger partial charge is 0.406 e. The summed E-state index contributed by atoms with van der Waals surface area (Å²) < 4.78 is 73.7. The van der Waals surface area contributed by atoms with Crippen LogP contribution in [0.4, 0.5) is 26.3 Å². The minimum absolute atomic E-state index is 0. The van der Waals surface area contributed by atoms with Gasteiger partial charge in [-0.3, -0.25) is 14.7 Å². The van der Waals surface area contributed by atoms with Crippen molar-refractivity contribution < 1.29 is 31.1 Å². The number of likely N-dealkylation sites (N-methyl/N-ethyl adjacent to an activating group) is 1. The maximum absolute atomic E-state index is 12.3. The molecule has 1 fully saturated rings. The zero-order chi connectivity index (χ0) is 19.3.